The van der Waals surface area contributed by atoms with Crippen LogP contribution in [0, 0.1) is 0 Å². The van der Waals surface area contributed by atoms with Crippen molar-refractivity contribution in [3.63, 3.8) is 0 Å². The highest BCUT2D eigenvalue weighted by Crippen LogP contribution is 2.26. The highest BCUT2D eigenvalue weighted by Gasteiger charge is 2.16. The molecule has 1 heterocycles. The van der Waals surface area contributed by atoms with Gasteiger partial charge in [-0.15, -0.1) is 0 Å². The lowest BCUT2D eigenvalue weighted by Crippen LogP contribution is -2.26. The minimum atomic E-state index is -0.0585. The van der Waals surface area contributed by atoms with Crippen molar-refractivity contribution in [1.29, 1.82) is 0 Å². The van der Waals surface area contributed by atoms with E-state index in [9.17, 15) is 4.79 Å². The molecule has 1 aliphatic heterocycles. The van der Waals surface area contributed by atoms with Gasteiger partial charge in [0.2, 0.25) is 5.91 Å². The molecule has 4 heteroatoms. The second-order valence-electron chi connectivity index (χ2n) is 6.65. The molecule has 1 aliphatic carbocycles. The fourth-order valence-electron chi connectivity index (χ4n) is 3.32. The van der Waals surface area contributed by atoms with Gasteiger partial charge >= 0.3 is 0 Å². The Bertz CT molecular complexity index is 568. The molecule has 1 saturated carbocycles. The van der Waals surface area contributed by atoms with E-state index in [-0.39, 0.29) is 12.0 Å². The maximum atomic E-state index is 12.3. The summed E-state index contributed by atoms with van der Waals surface area (Å²) in [6.45, 7) is 1.36. The zero-order valence-electron chi connectivity index (χ0n) is 14.3. The standard InChI is InChI=1S/C20H27NO3/c22-20(14-16-8-2-1-3-9-16)21-18-11-4-5-12-19(18)24-15-17-10-6-7-13-23-17/h4-5,11-12,14,17H,1-3,6-10,13,15H2,(H,21,22). The van der Waals surface area contributed by atoms with Crippen LogP contribution in [0.25, 0.3) is 0 Å². The molecule has 24 heavy (non-hydrogen) atoms. The molecule has 1 saturated heterocycles. The number of anilines is 1. The molecule has 0 aromatic heterocycles. The lowest BCUT2D eigenvalue weighted by Gasteiger charge is -2.23. The fraction of sp³-hybridized carbons (Fsp3) is 0.550. The second kappa shape index (κ2) is 8.88. The summed E-state index contributed by atoms with van der Waals surface area (Å²) in [6, 6.07) is 7.61. The molecule has 4 nitrogen and oxygen atoms in total. The minimum Gasteiger partial charge on any atom is -0.489 e. The fourth-order valence-corrected chi connectivity index (χ4v) is 3.32. The van der Waals surface area contributed by atoms with Crippen LogP contribution in [0.15, 0.2) is 35.9 Å². The van der Waals surface area contributed by atoms with Crippen molar-refractivity contribution in [2.24, 2.45) is 0 Å². The van der Waals surface area contributed by atoms with Gasteiger partial charge < -0.3 is 14.8 Å². The molecular formula is C20H27NO3. The smallest absolute Gasteiger partial charge is 0.248 e. The molecule has 2 aliphatic rings. The summed E-state index contributed by atoms with van der Waals surface area (Å²) in [4.78, 5) is 12.3. The molecular weight excluding hydrogens is 302 g/mol. The van der Waals surface area contributed by atoms with Crippen molar-refractivity contribution in [2.75, 3.05) is 18.5 Å². The first-order valence-electron chi connectivity index (χ1n) is 9.15. The lowest BCUT2D eigenvalue weighted by atomic mass is 9.94. The van der Waals surface area contributed by atoms with Gasteiger partial charge in [0.05, 0.1) is 11.8 Å². The number of rotatable bonds is 5. The van der Waals surface area contributed by atoms with Gasteiger partial charge in [-0.3, -0.25) is 4.79 Å². The first-order chi connectivity index (χ1) is 11.8. The average molecular weight is 329 g/mol. The van der Waals surface area contributed by atoms with E-state index in [1.807, 2.05) is 24.3 Å². The van der Waals surface area contributed by atoms with E-state index in [4.69, 9.17) is 9.47 Å². The van der Waals surface area contributed by atoms with Gasteiger partial charge in [0.1, 0.15) is 12.4 Å². The summed E-state index contributed by atoms with van der Waals surface area (Å²) in [5.41, 5.74) is 1.98. The van der Waals surface area contributed by atoms with E-state index in [1.165, 1.54) is 31.3 Å². The second-order valence-corrected chi connectivity index (χ2v) is 6.65. The number of carbonyl (C=O) groups is 1. The van der Waals surface area contributed by atoms with Crippen LogP contribution in [-0.4, -0.2) is 25.2 Å². The van der Waals surface area contributed by atoms with E-state index in [0.717, 1.165) is 38.0 Å². The number of ether oxygens (including phenoxy) is 2. The summed E-state index contributed by atoms with van der Waals surface area (Å²) in [5.74, 6) is 0.652. The van der Waals surface area contributed by atoms with Crippen molar-refractivity contribution in [2.45, 2.75) is 57.5 Å². The van der Waals surface area contributed by atoms with Gasteiger partial charge in [-0.25, -0.2) is 0 Å². The number of amides is 1. The maximum Gasteiger partial charge on any atom is 0.248 e. The number of nitrogens with one attached hydrogen (secondary N) is 1. The third-order valence-electron chi connectivity index (χ3n) is 4.67. The molecule has 0 radical (unpaired) electrons. The molecule has 3 rings (SSSR count). The molecule has 1 N–H and O–H groups in total. The molecule has 0 spiro atoms. The monoisotopic (exact) mass is 329 g/mol. The van der Waals surface area contributed by atoms with E-state index in [0.29, 0.717) is 12.4 Å². The molecule has 1 unspecified atom stereocenters. The van der Waals surface area contributed by atoms with Crippen LogP contribution in [0.2, 0.25) is 0 Å². The van der Waals surface area contributed by atoms with E-state index in [2.05, 4.69) is 5.32 Å². The Balaban J connectivity index is 1.57. The number of allylic oxidation sites excluding steroid dienone is 1. The summed E-state index contributed by atoms with van der Waals surface area (Å²) >= 11 is 0. The van der Waals surface area contributed by atoms with Crippen LogP contribution in [0.1, 0.15) is 51.4 Å². The molecule has 2 fully saturated rings. The maximum absolute atomic E-state index is 12.3. The van der Waals surface area contributed by atoms with Crippen LogP contribution >= 0.6 is 0 Å². The number of carbonyl (C=O) groups excluding carboxylic acids is 1. The number of para-hydroxylation sites is 2. The molecule has 1 atom stereocenters. The molecule has 1 aromatic rings. The Morgan fingerprint density at radius 1 is 1.17 bits per heavy atom. The van der Waals surface area contributed by atoms with E-state index >= 15 is 0 Å². The van der Waals surface area contributed by atoms with Gasteiger partial charge in [0.15, 0.2) is 0 Å². The number of hydrogen-bond acceptors (Lipinski definition) is 3. The summed E-state index contributed by atoms with van der Waals surface area (Å²) in [6.07, 6.45) is 11.1. The van der Waals surface area contributed by atoms with E-state index < -0.39 is 0 Å². The molecule has 1 aromatic carbocycles. The minimum absolute atomic E-state index is 0.0585. The zero-order chi connectivity index (χ0) is 16.6. The normalized spacial score (nSPS) is 21.2. The Kier molecular flexibility index (Phi) is 6.30. The number of benzene rings is 1. The SMILES string of the molecule is O=C(C=C1CCCCC1)Nc1ccccc1OCC1CCCCO1. The van der Waals surface area contributed by atoms with Crippen LogP contribution in [-0.2, 0) is 9.53 Å². The average Bonchev–Trinajstić information content (AvgIpc) is 2.63. The molecule has 0 bridgehead atoms. The van der Waals surface area contributed by atoms with Crippen LogP contribution < -0.4 is 10.1 Å². The Hall–Kier alpha value is -1.81. The topological polar surface area (TPSA) is 47.6 Å². The molecule has 130 valence electrons. The predicted octanol–water partition coefficient (Wildman–Crippen LogP) is 4.46. The third kappa shape index (κ3) is 5.10. The van der Waals surface area contributed by atoms with Gasteiger partial charge in [-0.05, 0) is 57.1 Å². The Labute approximate surface area is 144 Å². The van der Waals surface area contributed by atoms with Crippen LogP contribution in [0.5, 0.6) is 5.75 Å². The Morgan fingerprint density at radius 2 is 2.00 bits per heavy atom. The van der Waals surface area contributed by atoms with Gasteiger partial charge in [0, 0.05) is 12.7 Å². The van der Waals surface area contributed by atoms with Gasteiger partial charge in [0.25, 0.3) is 0 Å². The van der Waals surface area contributed by atoms with Crippen molar-refractivity contribution in [1.82, 2.24) is 0 Å². The summed E-state index contributed by atoms with van der Waals surface area (Å²) < 4.78 is 11.6. The van der Waals surface area contributed by atoms with Crippen molar-refractivity contribution < 1.29 is 14.3 Å². The summed E-state index contributed by atoms with van der Waals surface area (Å²) in [5, 5.41) is 2.96. The van der Waals surface area contributed by atoms with Gasteiger partial charge in [-0.1, -0.05) is 24.1 Å². The largest absolute Gasteiger partial charge is 0.489 e. The van der Waals surface area contributed by atoms with Crippen molar-refractivity contribution in [3.8, 4) is 5.75 Å². The quantitative estimate of drug-likeness (QED) is 0.811. The molecule has 1 amide bonds. The number of hydrogen-bond donors (Lipinski definition) is 1. The first-order valence-corrected chi connectivity index (χ1v) is 9.15. The highest BCUT2D eigenvalue weighted by atomic mass is 16.5. The highest BCUT2D eigenvalue weighted by molar-refractivity contribution is 6.00. The zero-order valence-corrected chi connectivity index (χ0v) is 14.3. The first kappa shape index (κ1) is 17.0. The van der Waals surface area contributed by atoms with Gasteiger partial charge in [-0.2, -0.15) is 0 Å². The van der Waals surface area contributed by atoms with Crippen molar-refractivity contribution in [3.05, 3.63) is 35.9 Å². The van der Waals surface area contributed by atoms with Crippen molar-refractivity contribution >= 4 is 11.6 Å². The van der Waals surface area contributed by atoms with Crippen LogP contribution in [0.4, 0.5) is 5.69 Å². The third-order valence-corrected chi connectivity index (χ3v) is 4.67. The van der Waals surface area contributed by atoms with E-state index in [1.54, 1.807) is 6.08 Å². The Morgan fingerprint density at radius 3 is 2.79 bits per heavy atom. The van der Waals surface area contributed by atoms with Crippen LogP contribution in [0.3, 0.4) is 0 Å². The predicted molar refractivity (Wildman–Crippen MR) is 95.3 cm³/mol. The summed E-state index contributed by atoms with van der Waals surface area (Å²) in [7, 11) is 0. The lowest BCUT2D eigenvalue weighted by molar-refractivity contribution is -0.112.